The van der Waals surface area contributed by atoms with Gasteiger partial charge >= 0.3 is 5.97 Å². The molecule has 3 unspecified atom stereocenters. The third-order valence-corrected chi connectivity index (χ3v) is 16.3. The highest BCUT2D eigenvalue weighted by Crippen LogP contribution is 2.67. The number of aliphatic hydroxyl groups is 1. The lowest BCUT2D eigenvalue weighted by molar-refractivity contribution is -0.128. The Morgan fingerprint density at radius 1 is 0.745 bits per heavy atom. The second-order valence-corrected chi connectivity index (χ2v) is 18.4. The van der Waals surface area contributed by atoms with Crippen molar-refractivity contribution in [2.75, 3.05) is 0 Å². The lowest BCUT2D eigenvalue weighted by Gasteiger charge is -2.58. The quantitative estimate of drug-likeness (QED) is 0.256. The fourth-order valence-corrected chi connectivity index (χ4v) is 13.6. The van der Waals surface area contributed by atoms with E-state index in [9.17, 15) is 19.5 Å². The average Bonchev–Trinajstić information content (AvgIpc) is 3.64. The van der Waals surface area contributed by atoms with Crippen LogP contribution in [0.2, 0.25) is 0 Å². The van der Waals surface area contributed by atoms with Gasteiger partial charge in [-0.1, -0.05) is 50.6 Å². The smallest absolute Gasteiger partial charge is 0.343 e. The predicted molar refractivity (Wildman–Crippen MR) is 199 cm³/mol. The van der Waals surface area contributed by atoms with E-state index < -0.39 is 0 Å². The SMILES string of the molecule is CC(=O)[C@H]1CC[C@H]2[C@@H]3CCC4=CC(=O)CC[C@]4(C)[C@H]3CC[C@]12C.C[C@]12CCC3c4ccc(OC(=O)c5ccccc5)cc4CCC3C1CC[C@@H]2O. The maximum atomic E-state index is 12.4. The minimum atomic E-state index is -0.303. The number of benzene rings is 2. The van der Waals surface area contributed by atoms with Gasteiger partial charge in [-0.3, -0.25) is 9.59 Å². The van der Waals surface area contributed by atoms with E-state index in [-0.39, 0.29) is 28.3 Å². The van der Waals surface area contributed by atoms with Crippen molar-refractivity contribution in [3.05, 3.63) is 76.9 Å². The van der Waals surface area contributed by atoms with Gasteiger partial charge in [-0.25, -0.2) is 4.79 Å². The van der Waals surface area contributed by atoms with Gasteiger partial charge in [-0.15, -0.1) is 0 Å². The van der Waals surface area contributed by atoms with Crippen molar-refractivity contribution in [2.45, 2.75) is 130 Å². The fourth-order valence-electron chi connectivity index (χ4n) is 13.6. The number of fused-ring (bicyclic) bond motifs is 10. The molecule has 1 N–H and O–H groups in total. The van der Waals surface area contributed by atoms with Crippen molar-refractivity contribution in [3.63, 3.8) is 0 Å². The molecule has 0 radical (unpaired) electrons. The first-order valence-corrected chi connectivity index (χ1v) is 20.2. The molecule has 0 bridgehead atoms. The van der Waals surface area contributed by atoms with Crippen molar-refractivity contribution < 1.29 is 24.2 Å². The molecule has 272 valence electrons. The lowest BCUT2D eigenvalue weighted by Crippen LogP contribution is -2.51. The number of hydrogen-bond acceptors (Lipinski definition) is 5. The monoisotopic (exact) mass is 690 g/mol. The first kappa shape index (κ1) is 35.0. The molecule has 0 amide bonds. The Morgan fingerprint density at radius 3 is 2.25 bits per heavy atom. The van der Waals surface area contributed by atoms with Crippen LogP contribution in [-0.4, -0.2) is 28.7 Å². The first-order chi connectivity index (χ1) is 24.4. The summed E-state index contributed by atoms with van der Waals surface area (Å²) in [4.78, 5) is 36.4. The number of aliphatic hydroxyl groups excluding tert-OH is 1. The molecule has 2 aromatic carbocycles. The highest BCUT2D eigenvalue weighted by atomic mass is 16.5. The molecule has 0 spiro atoms. The maximum absolute atomic E-state index is 12.4. The summed E-state index contributed by atoms with van der Waals surface area (Å²) in [6, 6.07) is 15.4. The van der Waals surface area contributed by atoms with Gasteiger partial charge in [0.15, 0.2) is 5.78 Å². The summed E-state index contributed by atoms with van der Waals surface area (Å²) in [5, 5.41) is 10.5. The highest BCUT2D eigenvalue weighted by molar-refractivity contribution is 5.92. The molecule has 5 saturated carbocycles. The zero-order chi connectivity index (χ0) is 35.7. The van der Waals surface area contributed by atoms with Crippen molar-refractivity contribution in [1.29, 1.82) is 0 Å². The van der Waals surface area contributed by atoms with Crippen LogP contribution in [0.1, 0.15) is 139 Å². The number of allylic oxidation sites excluding steroid dienone is 1. The molecular formula is C46H58O5. The lowest BCUT2D eigenvalue weighted by atomic mass is 9.47. The Kier molecular flexibility index (Phi) is 9.00. The highest BCUT2D eigenvalue weighted by Gasteiger charge is 2.60. The zero-order valence-electron chi connectivity index (χ0n) is 31.3. The Bertz CT molecular complexity index is 1730. The minimum absolute atomic E-state index is 0.115. The van der Waals surface area contributed by atoms with E-state index in [1.54, 1.807) is 19.1 Å². The summed E-state index contributed by atoms with van der Waals surface area (Å²) in [5.41, 5.74) is 5.41. The molecule has 0 heterocycles. The van der Waals surface area contributed by atoms with Crippen molar-refractivity contribution in [2.24, 2.45) is 51.8 Å². The molecule has 5 heteroatoms. The Morgan fingerprint density at radius 2 is 1.47 bits per heavy atom. The summed E-state index contributed by atoms with van der Waals surface area (Å²) in [6.45, 7) is 8.96. The van der Waals surface area contributed by atoms with Gasteiger partial charge in [0.05, 0.1) is 11.7 Å². The number of esters is 1. The van der Waals surface area contributed by atoms with Crippen LogP contribution in [0.3, 0.4) is 0 Å². The van der Waals surface area contributed by atoms with E-state index in [4.69, 9.17) is 4.74 Å². The molecule has 9 rings (SSSR count). The Labute approximate surface area is 305 Å². The number of ketones is 2. The maximum Gasteiger partial charge on any atom is 0.343 e. The van der Waals surface area contributed by atoms with E-state index in [0.717, 1.165) is 69.1 Å². The van der Waals surface area contributed by atoms with Gasteiger partial charge in [0.25, 0.3) is 0 Å². The van der Waals surface area contributed by atoms with Gasteiger partial charge in [-0.05, 0) is 184 Å². The molecule has 0 aliphatic heterocycles. The summed E-state index contributed by atoms with van der Waals surface area (Å²) >= 11 is 0. The van der Waals surface area contributed by atoms with Gasteiger partial charge in [0.2, 0.25) is 0 Å². The first-order valence-electron chi connectivity index (χ1n) is 20.2. The van der Waals surface area contributed by atoms with Crippen LogP contribution < -0.4 is 4.74 Å². The topological polar surface area (TPSA) is 80.7 Å². The number of hydrogen-bond donors (Lipinski definition) is 1. The summed E-state index contributed by atoms with van der Waals surface area (Å²) < 4.78 is 5.63. The molecule has 5 fully saturated rings. The van der Waals surface area contributed by atoms with Crippen molar-refractivity contribution >= 4 is 17.5 Å². The van der Waals surface area contributed by atoms with Crippen LogP contribution >= 0.6 is 0 Å². The van der Waals surface area contributed by atoms with E-state index >= 15 is 0 Å². The number of aryl methyl sites for hydroxylation is 1. The largest absolute Gasteiger partial charge is 0.423 e. The Balaban J connectivity index is 0.000000150. The Hall–Kier alpha value is -3.05. The van der Waals surface area contributed by atoms with Crippen molar-refractivity contribution in [1.82, 2.24) is 0 Å². The number of Topliss-reactive ketones (excluding diaryl/α,β-unsaturated/α-hetero) is 1. The molecule has 7 aliphatic rings. The fraction of sp³-hybridized carbons (Fsp3) is 0.630. The summed E-state index contributed by atoms with van der Waals surface area (Å²) in [5.74, 6) is 5.54. The van der Waals surface area contributed by atoms with Crippen LogP contribution in [-0.2, 0) is 16.0 Å². The second-order valence-electron chi connectivity index (χ2n) is 18.4. The van der Waals surface area contributed by atoms with Crippen LogP contribution in [0.15, 0.2) is 60.2 Å². The van der Waals surface area contributed by atoms with Crippen LogP contribution in [0, 0.1) is 51.8 Å². The van der Waals surface area contributed by atoms with E-state index in [0.29, 0.717) is 46.6 Å². The predicted octanol–water partition coefficient (Wildman–Crippen LogP) is 9.85. The molecule has 2 aromatic rings. The molecule has 51 heavy (non-hydrogen) atoms. The van der Waals surface area contributed by atoms with Gasteiger partial charge in [-0.2, -0.15) is 0 Å². The molecule has 11 atom stereocenters. The van der Waals surface area contributed by atoms with Gasteiger partial charge in [0, 0.05) is 12.3 Å². The van der Waals surface area contributed by atoms with Gasteiger partial charge in [0.1, 0.15) is 11.5 Å². The van der Waals surface area contributed by atoms with Crippen molar-refractivity contribution in [3.8, 4) is 5.75 Å². The van der Waals surface area contributed by atoms with E-state index in [2.05, 4.69) is 32.9 Å². The van der Waals surface area contributed by atoms with Crippen LogP contribution in [0.25, 0.3) is 0 Å². The third-order valence-electron chi connectivity index (χ3n) is 16.3. The minimum Gasteiger partial charge on any atom is -0.423 e. The van der Waals surface area contributed by atoms with Crippen LogP contribution in [0.4, 0.5) is 0 Å². The normalized spacial score (nSPS) is 40.5. The van der Waals surface area contributed by atoms with Crippen LogP contribution in [0.5, 0.6) is 5.75 Å². The molecule has 0 aromatic heterocycles. The number of carbonyl (C=O) groups excluding carboxylic acids is 3. The number of rotatable bonds is 3. The average molecular weight is 691 g/mol. The standard InChI is InChI=1S/C25H28O3.C21H30O2/c1-25-14-13-20-19-10-8-18(28-24(27)16-5-3-2-4-6-16)15-17(19)7-9-21(20)22(25)11-12-23(25)26;1-13(22)17-6-7-18-16-5-4-14-12-15(23)8-10-20(14,2)19(16)9-11-21(17,18)3/h2-6,8,10,15,20-23,26H,7,9,11-14H2,1H3;12,16-19H,4-11H2,1-3H3/t20?,21?,22?,23-,25-;16-,17+,18-,19-,20-,21+/m00/s1. The van der Waals surface area contributed by atoms with E-state index in [1.807, 2.05) is 30.3 Å². The molecular weight excluding hydrogens is 633 g/mol. The molecule has 0 saturated heterocycles. The number of ether oxygens (including phenoxy) is 1. The second kappa shape index (κ2) is 13.1. The third kappa shape index (κ3) is 5.79. The number of carbonyl (C=O) groups is 3. The zero-order valence-corrected chi connectivity index (χ0v) is 31.3. The van der Waals surface area contributed by atoms with Gasteiger partial charge < -0.3 is 9.84 Å². The van der Waals surface area contributed by atoms with E-state index in [1.165, 1.54) is 55.2 Å². The molecule has 5 nitrogen and oxygen atoms in total. The summed E-state index contributed by atoms with van der Waals surface area (Å²) in [7, 11) is 0. The molecule has 7 aliphatic carbocycles. The summed E-state index contributed by atoms with van der Waals surface area (Å²) in [6.07, 6.45) is 17.4.